The Bertz CT molecular complexity index is 1250. The molecule has 0 aromatic carbocycles. The molecule has 1 unspecified atom stereocenters. The lowest BCUT2D eigenvalue weighted by molar-refractivity contribution is 0.217. The van der Waals surface area contributed by atoms with Crippen LogP contribution in [0.5, 0.6) is 0 Å². The van der Waals surface area contributed by atoms with Gasteiger partial charge in [0, 0.05) is 41.6 Å². The van der Waals surface area contributed by atoms with Gasteiger partial charge in [-0.15, -0.1) is 0 Å². The van der Waals surface area contributed by atoms with E-state index in [0.717, 1.165) is 42.1 Å². The third kappa shape index (κ3) is 2.69. The zero-order valence-electron chi connectivity index (χ0n) is 14.2. The van der Waals surface area contributed by atoms with Crippen molar-refractivity contribution in [1.82, 2.24) is 29.8 Å². The van der Waals surface area contributed by atoms with Crippen molar-refractivity contribution in [3.8, 4) is 11.3 Å². The third-order valence-electron chi connectivity index (χ3n) is 4.30. The van der Waals surface area contributed by atoms with Gasteiger partial charge in [0.2, 0.25) is 4.21 Å². The number of ether oxygens (including phenoxy) is 1. The van der Waals surface area contributed by atoms with Crippen molar-refractivity contribution >= 4 is 49.1 Å². The van der Waals surface area contributed by atoms with E-state index in [-0.39, 0.29) is 0 Å². The van der Waals surface area contributed by atoms with Gasteiger partial charge >= 0.3 is 0 Å². The molecule has 0 aliphatic carbocycles. The van der Waals surface area contributed by atoms with Crippen LogP contribution < -0.4 is 0 Å². The minimum Gasteiger partial charge on any atom is -0.611 e. The number of aromatic nitrogens is 6. The van der Waals surface area contributed by atoms with Gasteiger partial charge < -0.3 is 9.29 Å². The van der Waals surface area contributed by atoms with Gasteiger partial charge in [0.25, 0.3) is 0 Å². The second kappa shape index (κ2) is 6.57. The van der Waals surface area contributed by atoms with Crippen LogP contribution in [-0.4, -0.2) is 53.8 Å². The van der Waals surface area contributed by atoms with E-state index in [2.05, 4.69) is 20.2 Å². The summed E-state index contributed by atoms with van der Waals surface area (Å²) in [6, 6.07) is 3.95. The number of fused-ring (bicyclic) bond motifs is 2. The van der Waals surface area contributed by atoms with E-state index in [1.54, 1.807) is 30.3 Å². The van der Waals surface area contributed by atoms with Crippen molar-refractivity contribution in [2.75, 3.05) is 19.5 Å². The summed E-state index contributed by atoms with van der Waals surface area (Å²) < 4.78 is 20.4. The van der Waals surface area contributed by atoms with Crippen LogP contribution in [0.3, 0.4) is 0 Å². The maximum absolute atomic E-state index is 12.8. The summed E-state index contributed by atoms with van der Waals surface area (Å²) in [7, 11) is 1.61. The van der Waals surface area contributed by atoms with Crippen LogP contribution in [0, 0.1) is 0 Å². The van der Waals surface area contributed by atoms with Crippen molar-refractivity contribution < 1.29 is 9.29 Å². The lowest BCUT2D eigenvalue weighted by Gasteiger charge is -2.08. The quantitative estimate of drug-likeness (QED) is 0.457. The van der Waals surface area contributed by atoms with E-state index in [1.165, 1.54) is 17.7 Å². The predicted octanol–water partition coefficient (Wildman–Crippen LogP) is 2.64. The number of nitrogens with zero attached hydrogens (tertiary/aromatic N) is 5. The van der Waals surface area contributed by atoms with Crippen LogP contribution in [0.1, 0.15) is 0 Å². The van der Waals surface area contributed by atoms with Gasteiger partial charge in [-0.3, -0.25) is 5.10 Å². The normalized spacial score (nSPS) is 13.1. The summed E-state index contributed by atoms with van der Waals surface area (Å²) in [5, 5.41) is 9.56. The highest BCUT2D eigenvalue weighted by Crippen LogP contribution is 2.40. The van der Waals surface area contributed by atoms with Crippen LogP contribution in [0.4, 0.5) is 0 Å². The number of hydrogen-bond acceptors (Lipinski definition) is 7. The van der Waals surface area contributed by atoms with E-state index < -0.39 is 11.2 Å². The van der Waals surface area contributed by atoms with Gasteiger partial charge in [-0.1, -0.05) is 11.3 Å². The van der Waals surface area contributed by atoms with Crippen molar-refractivity contribution in [3.63, 3.8) is 0 Å². The maximum Gasteiger partial charge on any atom is 0.234 e. The number of pyridine rings is 1. The Hall–Kier alpha value is -2.53. The molecule has 0 saturated heterocycles. The van der Waals surface area contributed by atoms with E-state index >= 15 is 0 Å². The van der Waals surface area contributed by atoms with Crippen molar-refractivity contribution in [2.24, 2.45) is 0 Å². The van der Waals surface area contributed by atoms with Gasteiger partial charge in [-0.05, 0) is 12.1 Å². The average molecular weight is 398 g/mol. The highest BCUT2D eigenvalue weighted by molar-refractivity contribution is 7.93. The summed E-state index contributed by atoms with van der Waals surface area (Å²) in [5.41, 5.74) is 3.34. The molecule has 0 aliphatic heterocycles. The monoisotopic (exact) mass is 398 g/mol. The molecule has 0 aliphatic rings. The van der Waals surface area contributed by atoms with Gasteiger partial charge in [0.1, 0.15) is 22.4 Å². The first-order valence-corrected chi connectivity index (χ1v) is 10.3. The molecule has 0 amide bonds. The largest absolute Gasteiger partial charge is 0.611 e. The van der Waals surface area contributed by atoms with Crippen molar-refractivity contribution in [1.29, 1.82) is 0 Å². The minimum atomic E-state index is -1.19. The topological polar surface area (TPSA) is 104 Å². The zero-order chi connectivity index (χ0) is 18.4. The van der Waals surface area contributed by atoms with E-state index in [4.69, 9.17) is 9.72 Å². The molecule has 136 valence electrons. The lowest BCUT2D eigenvalue weighted by atomic mass is 10.1. The van der Waals surface area contributed by atoms with Gasteiger partial charge in [-0.2, -0.15) is 9.73 Å². The molecule has 1 atom stereocenters. The first-order chi connectivity index (χ1) is 13.3. The molecule has 0 radical (unpaired) electrons. The van der Waals surface area contributed by atoms with Crippen LogP contribution >= 0.6 is 11.3 Å². The molecule has 0 saturated carbocycles. The Morgan fingerprint density at radius 2 is 2.19 bits per heavy atom. The summed E-state index contributed by atoms with van der Waals surface area (Å²) in [6.07, 6.45) is 6.69. The van der Waals surface area contributed by atoms with Gasteiger partial charge in [-0.25, -0.2) is 15.0 Å². The molecule has 5 heterocycles. The molecule has 0 fully saturated rings. The highest BCUT2D eigenvalue weighted by Gasteiger charge is 2.25. The number of H-pyrrole nitrogens is 1. The smallest absolute Gasteiger partial charge is 0.234 e. The first kappa shape index (κ1) is 16.6. The third-order valence-corrected chi connectivity index (χ3v) is 7.14. The van der Waals surface area contributed by atoms with E-state index in [0.29, 0.717) is 12.4 Å². The fourth-order valence-electron chi connectivity index (χ4n) is 3.08. The van der Waals surface area contributed by atoms with Crippen LogP contribution in [0.2, 0.25) is 0 Å². The molecule has 5 aromatic rings. The second-order valence-electron chi connectivity index (χ2n) is 5.91. The van der Waals surface area contributed by atoms with E-state index in [1.807, 2.05) is 12.1 Å². The minimum absolute atomic E-state index is 0.429. The number of methoxy groups -OCH3 is 1. The summed E-state index contributed by atoms with van der Waals surface area (Å²) in [5.74, 6) is 0.429. The summed E-state index contributed by atoms with van der Waals surface area (Å²) in [4.78, 5) is 13.8. The Kier molecular flexibility index (Phi) is 4.05. The maximum atomic E-state index is 12.8. The molecule has 0 bridgehead atoms. The molecular formula is C17H14N6O2S2. The van der Waals surface area contributed by atoms with Crippen LogP contribution in [0.15, 0.2) is 41.3 Å². The number of rotatable bonds is 5. The molecule has 8 nitrogen and oxygen atoms in total. The summed E-state index contributed by atoms with van der Waals surface area (Å²) in [6.45, 7) is 0.431. The Labute approximate surface area is 160 Å². The number of aromatic amines is 1. The Morgan fingerprint density at radius 3 is 3.00 bits per heavy atom. The van der Waals surface area contributed by atoms with Gasteiger partial charge in [0.15, 0.2) is 0 Å². The second-order valence-corrected chi connectivity index (χ2v) is 8.67. The fourth-order valence-corrected chi connectivity index (χ4v) is 5.70. The first-order valence-electron chi connectivity index (χ1n) is 8.18. The van der Waals surface area contributed by atoms with Crippen molar-refractivity contribution in [3.05, 3.63) is 37.1 Å². The SMILES string of the molecule is COCC[S+]([O-])c1sc2nc(-c3cncnc3)cc3c2c1[nH]n1nccc31. The standard InChI is InChI=1S/C17H14N6O2S2/c1-25-4-5-27(24)17-15-14-11(13-2-3-20-23(13)22-15)6-12(21-16(14)26-17)10-7-18-9-19-8-10/h2-3,6-9,22H,4-5H2,1H3. The zero-order valence-corrected chi connectivity index (χ0v) is 15.9. The number of hydrogen-bond donors (Lipinski definition) is 1. The number of nitrogens with one attached hydrogen (secondary N) is 1. The molecular weight excluding hydrogens is 384 g/mol. The lowest BCUT2D eigenvalue weighted by Crippen LogP contribution is -2.11. The van der Waals surface area contributed by atoms with E-state index in [9.17, 15) is 4.55 Å². The molecule has 27 heavy (non-hydrogen) atoms. The summed E-state index contributed by atoms with van der Waals surface area (Å²) >= 11 is 0.240. The van der Waals surface area contributed by atoms with Gasteiger partial charge in [0.05, 0.1) is 29.4 Å². The predicted molar refractivity (Wildman–Crippen MR) is 104 cm³/mol. The fraction of sp³-hybridized carbons (Fsp3) is 0.176. The number of thiophene rings is 1. The van der Waals surface area contributed by atoms with Crippen LogP contribution in [0.25, 0.3) is 37.9 Å². The van der Waals surface area contributed by atoms with Crippen molar-refractivity contribution in [2.45, 2.75) is 4.21 Å². The Balaban J connectivity index is 1.82. The average Bonchev–Trinajstić information content (AvgIpc) is 3.32. The molecule has 1 N–H and O–H groups in total. The van der Waals surface area contributed by atoms with Crippen LogP contribution in [-0.2, 0) is 15.9 Å². The molecule has 0 spiro atoms. The Morgan fingerprint density at radius 1 is 1.33 bits per heavy atom. The molecule has 5 rings (SSSR count). The molecule has 5 aromatic heterocycles. The molecule has 10 heteroatoms. The highest BCUT2D eigenvalue weighted by atomic mass is 32.2.